The first kappa shape index (κ1) is 14.4. The SMILES string of the molecule is COCC(=O)NCCNc1nccc(C(C)C)n1. The topological polar surface area (TPSA) is 76.1 Å². The van der Waals surface area contributed by atoms with Gasteiger partial charge in [-0.15, -0.1) is 0 Å². The van der Waals surface area contributed by atoms with Crippen LogP contribution >= 0.6 is 0 Å². The minimum Gasteiger partial charge on any atom is -0.375 e. The Hall–Kier alpha value is -1.69. The van der Waals surface area contributed by atoms with Gasteiger partial charge in [0.2, 0.25) is 11.9 Å². The molecule has 0 radical (unpaired) electrons. The Bertz CT molecular complexity index is 382. The smallest absolute Gasteiger partial charge is 0.246 e. The van der Waals surface area contributed by atoms with E-state index in [4.69, 9.17) is 4.74 Å². The average Bonchev–Trinajstić information content (AvgIpc) is 2.35. The molecule has 0 spiro atoms. The molecule has 0 atom stereocenters. The molecule has 1 rings (SSSR count). The van der Waals surface area contributed by atoms with E-state index < -0.39 is 0 Å². The lowest BCUT2D eigenvalue weighted by Gasteiger charge is -2.08. The molecule has 18 heavy (non-hydrogen) atoms. The highest BCUT2D eigenvalue weighted by Crippen LogP contribution is 2.11. The number of nitrogens with one attached hydrogen (secondary N) is 2. The highest BCUT2D eigenvalue weighted by atomic mass is 16.5. The molecule has 0 aliphatic carbocycles. The molecule has 1 aromatic heterocycles. The summed E-state index contributed by atoms with van der Waals surface area (Å²) in [6.07, 6.45) is 1.73. The highest BCUT2D eigenvalue weighted by molar-refractivity contribution is 5.77. The van der Waals surface area contributed by atoms with Crippen LogP contribution in [0.5, 0.6) is 0 Å². The maximum atomic E-state index is 11.1. The third kappa shape index (κ3) is 5.09. The molecule has 1 amide bonds. The first-order valence-electron chi connectivity index (χ1n) is 5.96. The number of nitrogens with zero attached hydrogens (tertiary/aromatic N) is 2. The number of carbonyl (C=O) groups excluding carboxylic acids is 1. The number of hydrogen-bond donors (Lipinski definition) is 2. The number of rotatable bonds is 7. The van der Waals surface area contributed by atoms with Gasteiger partial charge in [-0.2, -0.15) is 0 Å². The number of aromatic nitrogens is 2. The molecule has 1 aromatic rings. The van der Waals surface area contributed by atoms with Gasteiger partial charge in [-0.05, 0) is 12.0 Å². The van der Waals surface area contributed by atoms with Crippen molar-refractivity contribution in [1.82, 2.24) is 15.3 Å². The third-order valence-electron chi connectivity index (χ3n) is 2.27. The Kier molecular flexibility index (Phi) is 6.07. The summed E-state index contributed by atoms with van der Waals surface area (Å²) in [7, 11) is 1.49. The number of methoxy groups -OCH3 is 1. The van der Waals surface area contributed by atoms with E-state index >= 15 is 0 Å². The van der Waals surface area contributed by atoms with E-state index in [1.807, 2.05) is 6.07 Å². The Morgan fingerprint density at radius 2 is 2.22 bits per heavy atom. The zero-order chi connectivity index (χ0) is 13.4. The van der Waals surface area contributed by atoms with Crippen LogP contribution in [0.1, 0.15) is 25.5 Å². The standard InChI is InChI=1S/C12H20N4O2/c1-9(2)10-4-5-14-12(16-10)15-7-6-13-11(17)8-18-3/h4-5,9H,6-8H2,1-3H3,(H,13,17)(H,14,15,16). The van der Waals surface area contributed by atoms with Crippen molar-refractivity contribution in [3.8, 4) is 0 Å². The summed E-state index contributed by atoms with van der Waals surface area (Å²) in [5.41, 5.74) is 0.996. The van der Waals surface area contributed by atoms with Crippen molar-refractivity contribution in [2.75, 3.05) is 32.1 Å². The molecule has 0 fully saturated rings. The number of anilines is 1. The fourth-order valence-corrected chi connectivity index (χ4v) is 1.34. The second kappa shape index (κ2) is 7.60. The van der Waals surface area contributed by atoms with Gasteiger partial charge in [0.15, 0.2) is 0 Å². The van der Waals surface area contributed by atoms with Crippen LogP contribution in [0.2, 0.25) is 0 Å². The van der Waals surface area contributed by atoms with Gasteiger partial charge in [-0.25, -0.2) is 9.97 Å². The monoisotopic (exact) mass is 252 g/mol. The maximum Gasteiger partial charge on any atom is 0.246 e. The van der Waals surface area contributed by atoms with Gasteiger partial charge < -0.3 is 15.4 Å². The molecule has 2 N–H and O–H groups in total. The van der Waals surface area contributed by atoms with Crippen molar-refractivity contribution in [2.24, 2.45) is 0 Å². The van der Waals surface area contributed by atoms with E-state index in [0.717, 1.165) is 5.69 Å². The quantitative estimate of drug-likeness (QED) is 0.701. The molecule has 0 unspecified atom stereocenters. The van der Waals surface area contributed by atoms with Crippen molar-refractivity contribution in [3.05, 3.63) is 18.0 Å². The van der Waals surface area contributed by atoms with Crippen LogP contribution < -0.4 is 10.6 Å². The fraction of sp³-hybridized carbons (Fsp3) is 0.583. The Morgan fingerprint density at radius 1 is 1.44 bits per heavy atom. The zero-order valence-corrected chi connectivity index (χ0v) is 11.1. The highest BCUT2D eigenvalue weighted by Gasteiger charge is 2.03. The van der Waals surface area contributed by atoms with E-state index in [1.54, 1.807) is 6.20 Å². The van der Waals surface area contributed by atoms with E-state index in [1.165, 1.54) is 7.11 Å². The van der Waals surface area contributed by atoms with Crippen molar-refractivity contribution in [2.45, 2.75) is 19.8 Å². The summed E-state index contributed by atoms with van der Waals surface area (Å²) in [5.74, 6) is 0.827. The number of hydrogen-bond acceptors (Lipinski definition) is 5. The van der Waals surface area contributed by atoms with Gasteiger partial charge in [-0.3, -0.25) is 4.79 Å². The van der Waals surface area contributed by atoms with Gasteiger partial charge in [-0.1, -0.05) is 13.8 Å². The average molecular weight is 252 g/mol. The second-order valence-electron chi connectivity index (χ2n) is 4.17. The predicted molar refractivity (Wildman–Crippen MR) is 69.5 cm³/mol. The van der Waals surface area contributed by atoms with Crippen LogP contribution in [-0.4, -0.2) is 42.7 Å². The summed E-state index contributed by atoms with van der Waals surface area (Å²) in [6, 6.07) is 1.90. The molecule has 0 aromatic carbocycles. The minimum absolute atomic E-state index is 0.0827. The van der Waals surface area contributed by atoms with Gasteiger partial charge >= 0.3 is 0 Å². The molecular formula is C12H20N4O2. The van der Waals surface area contributed by atoms with Gasteiger partial charge in [0.05, 0.1) is 0 Å². The van der Waals surface area contributed by atoms with Crippen LogP contribution in [0.25, 0.3) is 0 Å². The Balaban J connectivity index is 2.31. The molecule has 1 heterocycles. The first-order valence-corrected chi connectivity index (χ1v) is 5.96. The molecule has 0 saturated heterocycles. The van der Waals surface area contributed by atoms with Crippen LogP contribution in [0.4, 0.5) is 5.95 Å². The maximum absolute atomic E-state index is 11.1. The number of carbonyl (C=O) groups is 1. The van der Waals surface area contributed by atoms with Crippen molar-refractivity contribution < 1.29 is 9.53 Å². The summed E-state index contributed by atoms with van der Waals surface area (Å²) < 4.78 is 4.70. The molecule has 0 aliphatic heterocycles. The van der Waals surface area contributed by atoms with Crippen molar-refractivity contribution >= 4 is 11.9 Å². The molecule has 0 bridgehead atoms. The van der Waals surface area contributed by atoms with Crippen molar-refractivity contribution in [1.29, 1.82) is 0 Å². The summed E-state index contributed by atoms with van der Waals surface area (Å²) in [6.45, 7) is 5.34. The zero-order valence-electron chi connectivity index (χ0n) is 11.1. The van der Waals surface area contributed by atoms with E-state index in [0.29, 0.717) is 25.0 Å². The Labute approximate surface area is 107 Å². The lowest BCUT2D eigenvalue weighted by molar-refractivity contribution is -0.124. The van der Waals surface area contributed by atoms with E-state index in [-0.39, 0.29) is 12.5 Å². The molecular weight excluding hydrogens is 232 g/mol. The number of amides is 1. The Morgan fingerprint density at radius 3 is 2.89 bits per heavy atom. The minimum atomic E-state index is -0.129. The summed E-state index contributed by atoms with van der Waals surface area (Å²) >= 11 is 0. The summed E-state index contributed by atoms with van der Waals surface area (Å²) in [4.78, 5) is 19.6. The normalized spacial score (nSPS) is 10.4. The molecule has 6 heteroatoms. The van der Waals surface area contributed by atoms with E-state index in [9.17, 15) is 4.79 Å². The van der Waals surface area contributed by atoms with Crippen LogP contribution in [0, 0.1) is 0 Å². The lowest BCUT2D eigenvalue weighted by Crippen LogP contribution is -2.31. The predicted octanol–water partition coefficient (Wildman–Crippen LogP) is 0.774. The summed E-state index contributed by atoms with van der Waals surface area (Å²) in [5, 5.41) is 5.77. The largest absolute Gasteiger partial charge is 0.375 e. The van der Waals surface area contributed by atoms with Crippen LogP contribution in [-0.2, 0) is 9.53 Å². The lowest BCUT2D eigenvalue weighted by atomic mass is 10.1. The van der Waals surface area contributed by atoms with Crippen molar-refractivity contribution in [3.63, 3.8) is 0 Å². The van der Waals surface area contributed by atoms with Crippen LogP contribution in [0.15, 0.2) is 12.3 Å². The molecule has 100 valence electrons. The molecule has 0 saturated carbocycles. The van der Waals surface area contributed by atoms with E-state index in [2.05, 4.69) is 34.4 Å². The second-order valence-corrected chi connectivity index (χ2v) is 4.17. The first-order chi connectivity index (χ1) is 8.63. The van der Waals surface area contributed by atoms with Gasteiger partial charge in [0.25, 0.3) is 0 Å². The number of ether oxygens (including phenoxy) is 1. The molecule has 0 aliphatic rings. The molecule has 6 nitrogen and oxygen atoms in total. The van der Waals surface area contributed by atoms with Crippen LogP contribution in [0.3, 0.4) is 0 Å². The van der Waals surface area contributed by atoms with Gasteiger partial charge in [0, 0.05) is 32.1 Å². The fourth-order valence-electron chi connectivity index (χ4n) is 1.34. The van der Waals surface area contributed by atoms with Gasteiger partial charge in [0.1, 0.15) is 6.61 Å². The third-order valence-corrected chi connectivity index (χ3v) is 2.27.